The van der Waals surface area contributed by atoms with Crippen LogP contribution < -0.4 is 10.5 Å². The van der Waals surface area contributed by atoms with E-state index in [0.717, 1.165) is 5.69 Å². The zero-order valence-corrected chi connectivity index (χ0v) is 14.2. The number of benzene rings is 1. The van der Waals surface area contributed by atoms with Gasteiger partial charge < -0.3 is 20.1 Å². The predicted molar refractivity (Wildman–Crippen MR) is 90.9 cm³/mol. The molecule has 1 aliphatic heterocycles. The van der Waals surface area contributed by atoms with Gasteiger partial charge in [-0.1, -0.05) is 0 Å². The van der Waals surface area contributed by atoms with Crippen molar-refractivity contribution in [1.29, 1.82) is 0 Å². The topological polar surface area (TPSA) is 77.7 Å². The van der Waals surface area contributed by atoms with Crippen molar-refractivity contribution >= 4 is 11.6 Å². The Morgan fingerprint density at radius 3 is 2.92 bits per heavy atom. The minimum Gasteiger partial charge on any atom is -0.496 e. The Balaban J connectivity index is 1.84. The standard InChI is InChI=1S/C18H20FN3O3/c1-11-7-13(20)9-15(21-11)17-10-22(5-6-25-17)18(23)14-8-12(19)3-4-16(14)24-2/h3-4,7-9,17H,5-6,10H2,1-2H3,(H2,20,21)/t17-/m0/s1. The average Bonchev–Trinajstić information content (AvgIpc) is 2.60. The van der Waals surface area contributed by atoms with E-state index in [2.05, 4.69) is 4.98 Å². The maximum atomic E-state index is 13.6. The molecule has 0 radical (unpaired) electrons. The minimum atomic E-state index is -0.484. The second-order valence-electron chi connectivity index (χ2n) is 5.92. The molecule has 1 aromatic carbocycles. The zero-order chi connectivity index (χ0) is 18.0. The highest BCUT2D eigenvalue weighted by Gasteiger charge is 2.29. The van der Waals surface area contributed by atoms with Gasteiger partial charge in [0.15, 0.2) is 0 Å². The first-order valence-corrected chi connectivity index (χ1v) is 7.96. The van der Waals surface area contributed by atoms with Gasteiger partial charge in [0.05, 0.1) is 31.5 Å². The highest BCUT2D eigenvalue weighted by atomic mass is 19.1. The van der Waals surface area contributed by atoms with E-state index in [9.17, 15) is 9.18 Å². The van der Waals surface area contributed by atoms with E-state index in [1.54, 1.807) is 17.0 Å². The molecule has 2 N–H and O–H groups in total. The van der Waals surface area contributed by atoms with Gasteiger partial charge in [-0.15, -0.1) is 0 Å². The maximum Gasteiger partial charge on any atom is 0.257 e. The van der Waals surface area contributed by atoms with E-state index in [1.165, 1.54) is 25.3 Å². The number of nitrogen functional groups attached to an aromatic ring is 1. The number of aromatic nitrogens is 1. The summed E-state index contributed by atoms with van der Waals surface area (Å²) >= 11 is 0. The molecule has 2 heterocycles. The number of ether oxygens (including phenoxy) is 2. The summed E-state index contributed by atoms with van der Waals surface area (Å²) in [7, 11) is 1.45. The number of carbonyl (C=O) groups is 1. The third-order valence-electron chi connectivity index (χ3n) is 4.07. The second-order valence-corrected chi connectivity index (χ2v) is 5.92. The normalized spacial score (nSPS) is 17.4. The molecular weight excluding hydrogens is 325 g/mol. The number of aryl methyl sites for hydroxylation is 1. The summed E-state index contributed by atoms with van der Waals surface area (Å²) in [5.74, 6) is -0.445. The van der Waals surface area contributed by atoms with Crippen molar-refractivity contribution in [2.24, 2.45) is 0 Å². The molecule has 6 nitrogen and oxygen atoms in total. The largest absolute Gasteiger partial charge is 0.496 e. The van der Waals surface area contributed by atoms with Crippen molar-refractivity contribution < 1.29 is 18.7 Å². The number of rotatable bonds is 3. The van der Waals surface area contributed by atoms with Crippen molar-refractivity contribution in [3.8, 4) is 5.75 Å². The lowest BCUT2D eigenvalue weighted by Gasteiger charge is -2.33. The first kappa shape index (κ1) is 17.2. The van der Waals surface area contributed by atoms with Crippen LogP contribution in [-0.2, 0) is 4.74 Å². The monoisotopic (exact) mass is 345 g/mol. The number of hydrogen-bond acceptors (Lipinski definition) is 5. The molecule has 132 valence electrons. The van der Waals surface area contributed by atoms with Crippen LogP contribution in [0.4, 0.5) is 10.1 Å². The average molecular weight is 345 g/mol. The number of pyridine rings is 1. The smallest absolute Gasteiger partial charge is 0.257 e. The number of hydrogen-bond donors (Lipinski definition) is 1. The molecule has 1 saturated heterocycles. The van der Waals surface area contributed by atoms with Crippen molar-refractivity contribution in [3.05, 3.63) is 53.1 Å². The lowest BCUT2D eigenvalue weighted by molar-refractivity contribution is -0.0248. The number of nitrogens with zero attached hydrogens (tertiary/aromatic N) is 2. The Morgan fingerprint density at radius 2 is 2.20 bits per heavy atom. The van der Waals surface area contributed by atoms with Gasteiger partial charge in [0, 0.05) is 17.9 Å². The molecule has 25 heavy (non-hydrogen) atoms. The molecule has 1 aliphatic rings. The highest BCUT2D eigenvalue weighted by molar-refractivity contribution is 5.97. The molecule has 0 aliphatic carbocycles. The molecule has 0 saturated carbocycles. The van der Waals surface area contributed by atoms with Gasteiger partial charge in [-0.3, -0.25) is 9.78 Å². The van der Waals surface area contributed by atoms with Crippen LogP contribution in [0.15, 0.2) is 30.3 Å². The van der Waals surface area contributed by atoms with Crippen molar-refractivity contribution in [2.45, 2.75) is 13.0 Å². The first-order valence-electron chi connectivity index (χ1n) is 7.96. The minimum absolute atomic E-state index is 0.194. The first-order chi connectivity index (χ1) is 12.0. The summed E-state index contributed by atoms with van der Waals surface area (Å²) in [5.41, 5.74) is 8.13. The van der Waals surface area contributed by atoms with E-state index in [-0.39, 0.29) is 17.6 Å². The summed E-state index contributed by atoms with van der Waals surface area (Å²) in [6.07, 6.45) is -0.376. The van der Waals surface area contributed by atoms with Gasteiger partial charge in [0.2, 0.25) is 0 Å². The Morgan fingerprint density at radius 1 is 1.40 bits per heavy atom. The predicted octanol–water partition coefficient (Wildman–Crippen LogP) is 2.33. The van der Waals surface area contributed by atoms with Crippen molar-refractivity contribution in [1.82, 2.24) is 9.88 Å². The molecule has 1 atom stereocenters. The van der Waals surface area contributed by atoms with Crippen LogP contribution in [0.1, 0.15) is 27.8 Å². The molecule has 2 aromatic rings. The number of nitrogens with two attached hydrogens (primary N) is 1. The van der Waals surface area contributed by atoms with Crippen LogP contribution in [-0.4, -0.2) is 42.6 Å². The number of methoxy groups -OCH3 is 1. The number of halogens is 1. The van der Waals surface area contributed by atoms with Crippen LogP contribution in [0.25, 0.3) is 0 Å². The highest BCUT2D eigenvalue weighted by Crippen LogP contribution is 2.26. The van der Waals surface area contributed by atoms with E-state index >= 15 is 0 Å². The molecular formula is C18H20FN3O3. The quantitative estimate of drug-likeness (QED) is 0.924. The fourth-order valence-corrected chi connectivity index (χ4v) is 2.92. The third-order valence-corrected chi connectivity index (χ3v) is 4.07. The lowest BCUT2D eigenvalue weighted by Crippen LogP contribution is -2.42. The van der Waals surface area contributed by atoms with Crippen molar-refractivity contribution in [2.75, 3.05) is 32.5 Å². The van der Waals surface area contributed by atoms with Gasteiger partial charge in [0.1, 0.15) is 17.7 Å². The van der Waals surface area contributed by atoms with Gasteiger partial charge >= 0.3 is 0 Å². The summed E-state index contributed by atoms with van der Waals surface area (Å²) in [5, 5.41) is 0. The molecule has 0 bridgehead atoms. The van der Waals surface area contributed by atoms with Crippen LogP contribution in [0.3, 0.4) is 0 Å². The van der Waals surface area contributed by atoms with Gasteiger partial charge in [-0.25, -0.2) is 4.39 Å². The zero-order valence-electron chi connectivity index (χ0n) is 14.2. The van der Waals surface area contributed by atoms with Crippen molar-refractivity contribution in [3.63, 3.8) is 0 Å². The summed E-state index contributed by atoms with van der Waals surface area (Å²) < 4.78 is 24.5. The molecule has 1 amide bonds. The number of anilines is 1. The Bertz CT molecular complexity index is 777. The third kappa shape index (κ3) is 3.71. The van der Waals surface area contributed by atoms with Gasteiger partial charge in [-0.2, -0.15) is 0 Å². The van der Waals surface area contributed by atoms with Gasteiger partial charge in [-0.05, 0) is 37.3 Å². The summed E-state index contributed by atoms with van der Waals surface area (Å²) in [6.45, 7) is 2.94. The summed E-state index contributed by atoms with van der Waals surface area (Å²) in [6, 6.07) is 7.41. The maximum absolute atomic E-state index is 13.6. The van der Waals surface area contributed by atoms with Gasteiger partial charge in [0.25, 0.3) is 5.91 Å². The van der Waals surface area contributed by atoms with Crippen LogP contribution in [0.5, 0.6) is 5.75 Å². The number of amides is 1. The lowest BCUT2D eigenvalue weighted by atomic mass is 10.1. The SMILES string of the molecule is COc1ccc(F)cc1C(=O)N1CCO[C@H](c2cc(N)cc(C)n2)C1. The van der Waals surface area contributed by atoms with E-state index in [0.29, 0.717) is 36.8 Å². The molecule has 3 rings (SSSR count). The fraction of sp³-hybridized carbons (Fsp3) is 0.333. The van der Waals surface area contributed by atoms with Crippen LogP contribution in [0, 0.1) is 12.7 Å². The number of carbonyl (C=O) groups excluding carboxylic acids is 1. The van der Waals surface area contributed by atoms with Crippen LogP contribution >= 0.6 is 0 Å². The number of morpholine rings is 1. The molecule has 0 unspecified atom stereocenters. The Labute approximate surface area is 145 Å². The molecule has 1 fully saturated rings. The summed E-state index contributed by atoms with van der Waals surface area (Å²) in [4.78, 5) is 18.9. The Hall–Kier alpha value is -2.67. The van der Waals surface area contributed by atoms with E-state index in [1.807, 2.05) is 6.92 Å². The fourth-order valence-electron chi connectivity index (χ4n) is 2.92. The second kappa shape index (κ2) is 7.06. The van der Waals surface area contributed by atoms with E-state index in [4.69, 9.17) is 15.2 Å². The van der Waals surface area contributed by atoms with Crippen LogP contribution in [0.2, 0.25) is 0 Å². The molecule has 7 heteroatoms. The molecule has 0 spiro atoms. The van der Waals surface area contributed by atoms with E-state index < -0.39 is 5.82 Å². The molecule has 1 aromatic heterocycles. The Kier molecular flexibility index (Phi) is 4.85.